The maximum absolute atomic E-state index is 10.8. The first-order valence-corrected chi connectivity index (χ1v) is 6.21. The molecule has 18 heavy (non-hydrogen) atoms. The van der Waals surface area contributed by atoms with Crippen LogP contribution in [0.4, 0.5) is 11.4 Å². The van der Waals surface area contributed by atoms with E-state index in [1.54, 1.807) is 6.07 Å². The lowest BCUT2D eigenvalue weighted by atomic mass is 10.1. The van der Waals surface area contributed by atoms with Crippen molar-refractivity contribution in [1.29, 1.82) is 0 Å². The molecule has 0 aliphatic carbocycles. The number of anilines is 1. The van der Waals surface area contributed by atoms with E-state index in [-0.39, 0.29) is 18.2 Å². The predicted molar refractivity (Wildman–Crippen MR) is 72.1 cm³/mol. The third-order valence-electron chi connectivity index (χ3n) is 2.66. The topological polar surface area (TPSA) is 75.4 Å². The summed E-state index contributed by atoms with van der Waals surface area (Å²) in [5, 5.41) is 23.2. The van der Waals surface area contributed by atoms with Crippen LogP contribution in [0.1, 0.15) is 19.8 Å². The molecule has 6 heteroatoms. The van der Waals surface area contributed by atoms with Gasteiger partial charge < -0.3 is 10.4 Å². The number of hydrogen-bond acceptors (Lipinski definition) is 4. The van der Waals surface area contributed by atoms with Gasteiger partial charge in [0.05, 0.1) is 4.92 Å². The van der Waals surface area contributed by atoms with Gasteiger partial charge in [0.15, 0.2) is 0 Å². The van der Waals surface area contributed by atoms with Crippen molar-refractivity contribution < 1.29 is 10.0 Å². The molecule has 0 fully saturated rings. The number of halogens is 1. The van der Waals surface area contributed by atoms with Crippen molar-refractivity contribution in [2.75, 3.05) is 18.5 Å². The Morgan fingerprint density at radius 1 is 1.56 bits per heavy atom. The molecule has 0 heterocycles. The average molecular weight is 273 g/mol. The Morgan fingerprint density at radius 2 is 2.28 bits per heavy atom. The van der Waals surface area contributed by atoms with Gasteiger partial charge in [-0.2, -0.15) is 0 Å². The second-order valence-corrected chi connectivity index (χ2v) is 4.71. The lowest BCUT2D eigenvalue weighted by molar-refractivity contribution is -0.384. The molecule has 1 rings (SSSR count). The molecule has 2 N–H and O–H groups in total. The van der Waals surface area contributed by atoms with Crippen molar-refractivity contribution in [3.63, 3.8) is 0 Å². The normalized spacial score (nSPS) is 12.2. The number of aliphatic hydroxyl groups excluding tert-OH is 1. The van der Waals surface area contributed by atoms with Crippen molar-refractivity contribution in [2.45, 2.75) is 19.8 Å². The van der Waals surface area contributed by atoms with E-state index in [2.05, 4.69) is 5.32 Å². The summed E-state index contributed by atoms with van der Waals surface area (Å²) in [6.45, 7) is 2.74. The Hall–Kier alpha value is -1.33. The van der Waals surface area contributed by atoms with Crippen LogP contribution in [0.25, 0.3) is 0 Å². The Labute approximate surface area is 111 Å². The summed E-state index contributed by atoms with van der Waals surface area (Å²) in [6.07, 6.45) is 1.71. The molecule has 100 valence electrons. The first kappa shape index (κ1) is 14.7. The van der Waals surface area contributed by atoms with Crippen LogP contribution in [0.2, 0.25) is 5.02 Å². The minimum absolute atomic E-state index is 0.0228. The molecule has 0 bridgehead atoms. The molecule has 0 amide bonds. The molecular formula is C12H17ClN2O3. The van der Waals surface area contributed by atoms with Crippen LogP contribution >= 0.6 is 11.6 Å². The number of nitrogens with zero attached hydrogens (tertiary/aromatic N) is 1. The van der Waals surface area contributed by atoms with Crippen LogP contribution in [0.15, 0.2) is 18.2 Å². The van der Waals surface area contributed by atoms with E-state index in [1.807, 2.05) is 6.92 Å². The first-order chi connectivity index (χ1) is 8.54. The summed E-state index contributed by atoms with van der Waals surface area (Å²) in [5.41, 5.74) is 0.457. The summed E-state index contributed by atoms with van der Waals surface area (Å²) in [6, 6.07) is 4.44. The lowest BCUT2D eigenvalue weighted by Crippen LogP contribution is -2.07. The highest BCUT2D eigenvalue weighted by Gasteiger charge is 2.13. The van der Waals surface area contributed by atoms with Gasteiger partial charge in [0.2, 0.25) is 0 Å². The van der Waals surface area contributed by atoms with Crippen molar-refractivity contribution in [3.8, 4) is 0 Å². The second kappa shape index (κ2) is 7.18. The number of hydrogen-bond donors (Lipinski definition) is 2. The minimum atomic E-state index is -0.436. The van der Waals surface area contributed by atoms with E-state index < -0.39 is 4.92 Å². The van der Waals surface area contributed by atoms with Gasteiger partial charge in [0.1, 0.15) is 5.69 Å². The standard InChI is InChI=1S/C12H17ClN2O3/c1-9(8-16)3-2-6-14-11-7-10(13)4-5-12(11)15(17)18/h4-5,7,9,14,16H,2-3,6,8H2,1H3. The third-order valence-corrected chi connectivity index (χ3v) is 2.89. The zero-order valence-corrected chi connectivity index (χ0v) is 11.0. The second-order valence-electron chi connectivity index (χ2n) is 4.28. The summed E-state index contributed by atoms with van der Waals surface area (Å²) in [7, 11) is 0. The van der Waals surface area contributed by atoms with Gasteiger partial charge in [-0.15, -0.1) is 0 Å². The van der Waals surface area contributed by atoms with Crippen molar-refractivity contribution in [3.05, 3.63) is 33.3 Å². The van der Waals surface area contributed by atoms with Crippen molar-refractivity contribution >= 4 is 23.0 Å². The summed E-state index contributed by atoms with van der Waals surface area (Å²) < 4.78 is 0. The lowest BCUT2D eigenvalue weighted by Gasteiger charge is -2.09. The molecule has 0 radical (unpaired) electrons. The van der Waals surface area contributed by atoms with E-state index in [9.17, 15) is 10.1 Å². The maximum atomic E-state index is 10.8. The zero-order valence-electron chi connectivity index (χ0n) is 10.2. The van der Waals surface area contributed by atoms with Crippen molar-refractivity contribution in [1.82, 2.24) is 0 Å². The van der Waals surface area contributed by atoms with Gasteiger partial charge in [-0.05, 0) is 30.9 Å². The fourth-order valence-corrected chi connectivity index (χ4v) is 1.75. The number of aliphatic hydroxyl groups is 1. The van der Waals surface area contributed by atoms with Gasteiger partial charge in [-0.3, -0.25) is 10.1 Å². The predicted octanol–water partition coefficient (Wildman–Crippen LogP) is 3.07. The fourth-order valence-electron chi connectivity index (χ4n) is 1.57. The number of benzene rings is 1. The van der Waals surface area contributed by atoms with E-state index in [0.29, 0.717) is 17.3 Å². The molecular weight excluding hydrogens is 256 g/mol. The van der Waals surface area contributed by atoms with Crippen LogP contribution in [0.5, 0.6) is 0 Å². The van der Waals surface area contributed by atoms with Crippen LogP contribution in [0, 0.1) is 16.0 Å². The van der Waals surface area contributed by atoms with E-state index in [0.717, 1.165) is 12.8 Å². The number of nitro groups is 1. The largest absolute Gasteiger partial charge is 0.396 e. The highest BCUT2D eigenvalue weighted by molar-refractivity contribution is 6.31. The molecule has 0 aromatic heterocycles. The maximum Gasteiger partial charge on any atom is 0.292 e. The van der Waals surface area contributed by atoms with Crippen LogP contribution < -0.4 is 5.32 Å². The quantitative estimate of drug-likeness (QED) is 0.454. The number of nitro benzene ring substituents is 1. The van der Waals surface area contributed by atoms with E-state index in [4.69, 9.17) is 16.7 Å². The van der Waals surface area contributed by atoms with Gasteiger partial charge in [-0.25, -0.2) is 0 Å². The monoisotopic (exact) mass is 272 g/mol. The molecule has 0 saturated heterocycles. The fraction of sp³-hybridized carbons (Fsp3) is 0.500. The highest BCUT2D eigenvalue weighted by atomic mass is 35.5. The van der Waals surface area contributed by atoms with Gasteiger partial charge in [0.25, 0.3) is 5.69 Å². The number of nitrogens with one attached hydrogen (secondary N) is 1. The Kier molecular flexibility index (Phi) is 5.88. The van der Waals surface area contributed by atoms with E-state index in [1.165, 1.54) is 12.1 Å². The molecule has 1 atom stereocenters. The third kappa shape index (κ3) is 4.50. The highest BCUT2D eigenvalue weighted by Crippen LogP contribution is 2.27. The van der Waals surface area contributed by atoms with Crippen LogP contribution in [-0.2, 0) is 0 Å². The molecule has 0 aliphatic rings. The van der Waals surface area contributed by atoms with Gasteiger partial charge in [0, 0.05) is 24.2 Å². The van der Waals surface area contributed by atoms with Crippen molar-refractivity contribution in [2.24, 2.45) is 5.92 Å². The zero-order chi connectivity index (χ0) is 13.5. The van der Waals surface area contributed by atoms with Crippen LogP contribution in [0.3, 0.4) is 0 Å². The molecule has 1 aromatic rings. The summed E-state index contributed by atoms with van der Waals surface area (Å²) in [5.74, 6) is 0.251. The minimum Gasteiger partial charge on any atom is -0.396 e. The Balaban J connectivity index is 2.55. The molecule has 0 saturated carbocycles. The Morgan fingerprint density at radius 3 is 2.89 bits per heavy atom. The smallest absolute Gasteiger partial charge is 0.292 e. The first-order valence-electron chi connectivity index (χ1n) is 5.83. The van der Waals surface area contributed by atoms with Gasteiger partial charge >= 0.3 is 0 Å². The molecule has 1 aromatic carbocycles. The average Bonchev–Trinajstić information content (AvgIpc) is 2.34. The van der Waals surface area contributed by atoms with Crippen LogP contribution in [-0.4, -0.2) is 23.2 Å². The Bertz CT molecular complexity index is 412. The molecule has 0 aliphatic heterocycles. The molecule has 5 nitrogen and oxygen atoms in total. The van der Waals surface area contributed by atoms with E-state index >= 15 is 0 Å². The SMILES string of the molecule is CC(CO)CCCNc1cc(Cl)ccc1[N+](=O)[O-]. The number of rotatable bonds is 7. The molecule has 1 unspecified atom stereocenters. The molecule has 0 spiro atoms. The summed E-state index contributed by atoms with van der Waals surface area (Å²) in [4.78, 5) is 10.4. The summed E-state index contributed by atoms with van der Waals surface area (Å²) >= 11 is 5.81. The van der Waals surface area contributed by atoms with Gasteiger partial charge in [-0.1, -0.05) is 18.5 Å².